The lowest BCUT2D eigenvalue weighted by Crippen LogP contribution is -2.56. The molecule has 8 nitrogen and oxygen atoms in total. The molecule has 2 heterocycles. The number of carbonyl (C=O) groups excluding carboxylic acids is 2. The Morgan fingerprint density at radius 3 is 2.62 bits per heavy atom. The number of piperidine rings is 1. The van der Waals surface area contributed by atoms with E-state index in [1.165, 1.54) is 30.2 Å². The molecule has 1 unspecified atom stereocenters. The van der Waals surface area contributed by atoms with Gasteiger partial charge in [0.2, 0.25) is 5.91 Å². The maximum Gasteiger partial charge on any atom is 0.315 e. The lowest BCUT2D eigenvalue weighted by Gasteiger charge is -2.38. The summed E-state index contributed by atoms with van der Waals surface area (Å²) in [5, 5.41) is 10.9. The van der Waals surface area contributed by atoms with Crippen LogP contribution in [0.1, 0.15) is 75.8 Å². The molecule has 5 rings (SSSR count). The lowest BCUT2D eigenvalue weighted by atomic mass is 9.91. The Kier molecular flexibility index (Phi) is 8.66. The summed E-state index contributed by atoms with van der Waals surface area (Å²) < 4.78 is 5.37. The Morgan fingerprint density at radius 2 is 1.84 bits per heavy atom. The Morgan fingerprint density at radius 1 is 1.05 bits per heavy atom. The number of aromatic amines is 1. The fourth-order valence-electron chi connectivity index (χ4n) is 6.29. The summed E-state index contributed by atoms with van der Waals surface area (Å²) in [6, 6.07) is 8.77. The van der Waals surface area contributed by atoms with Crippen LogP contribution in [0.15, 0.2) is 30.5 Å². The molecular formula is C29H43N5O3. The van der Waals surface area contributed by atoms with Crippen molar-refractivity contribution in [3.8, 4) is 0 Å². The van der Waals surface area contributed by atoms with Crippen molar-refractivity contribution in [1.29, 1.82) is 0 Å². The average molecular weight is 510 g/mol. The fourth-order valence-corrected chi connectivity index (χ4v) is 6.29. The molecule has 2 saturated carbocycles. The zero-order valence-corrected chi connectivity index (χ0v) is 22.1. The third-order valence-corrected chi connectivity index (χ3v) is 8.31. The highest BCUT2D eigenvalue weighted by atomic mass is 16.5. The molecule has 2 aliphatic carbocycles. The quantitative estimate of drug-likeness (QED) is 0.360. The monoisotopic (exact) mass is 509 g/mol. The van der Waals surface area contributed by atoms with Gasteiger partial charge in [0.1, 0.15) is 0 Å². The van der Waals surface area contributed by atoms with Crippen LogP contribution < -0.4 is 16.0 Å². The Balaban J connectivity index is 1.29. The van der Waals surface area contributed by atoms with Gasteiger partial charge in [-0.1, -0.05) is 37.5 Å². The Labute approximate surface area is 220 Å². The number of fused-ring (bicyclic) bond motifs is 1. The standard InChI is InChI=1S/C29H43N5O3/c1-37-15-7-12-27(25-19-31-26-11-6-5-10-24(25)26)34(23-13-14-23)28(35)20-16-22(18-30-17-20)33-29(36)32-21-8-3-2-4-9-21/h5-6,10-11,19-23,27,30-31H,2-4,7-9,12-18H2,1H3,(H2,32,33,36)/t20-,22+,27?/m0/s1. The first-order valence-electron chi connectivity index (χ1n) is 14.3. The van der Waals surface area contributed by atoms with E-state index in [2.05, 4.69) is 50.2 Å². The zero-order valence-electron chi connectivity index (χ0n) is 22.1. The number of benzene rings is 1. The van der Waals surface area contributed by atoms with Gasteiger partial charge in [-0.05, 0) is 56.6 Å². The number of H-pyrrole nitrogens is 1. The van der Waals surface area contributed by atoms with Gasteiger partial charge >= 0.3 is 6.03 Å². The van der Waals surface area contributed by atoms with Crippen molar-refractivity contribution in [3.63, 3.8) is 0 Å². The lowest BCUT2D eigenvalue weighted by molar-refractivity contribution is -0.140. The molecule has 4 N–H and O–H groups in total. The summed E-state index contributed by atoms with van der Waals surface area (Å²) in [7, 11) is 1.73. The molecule has 1 aromatic heterocycles. The molecule has 1 aliphatic heterocycles. The van der Waals surface area contributed by atoms with Crippen LogP contribution >= 0.6 is 0 Å². The van der Waals surface area contributed by atoms with E-state index in [1.807, 2.05) is 6.07 Å². The largest absolute Gasteiger partial charge is 0.385 e. The van der Waals surface area contributed by atoms with E-state index in [0.29, 0.717) is 26.1 Å². The first-order valence-corrected chi connectivity index (χ1v) is 14.3. The third-order valence-electron chi connectivity index (χ3n) is 8.31. The van der Waals surface area contributed by atoms with Crippen LogP contribution in [0.3, 0.4) is 0 Å². The number of hydrogen-bond donors (Lipinski definition) is 4. The minimum Gasteiger partial charge on any atom is -0.385 e. The van der Waals surface area contributed by atoms with Crippen molar-refractivity contribution in [3.05, 3.63) is 36.0 Å². The number of nitrogens with one attached hydrogen (secondary N) is 4. The van der Waals surface area contributed by atoms with Crippen molar-refractivity contribution in [2.75, 3.05) is 26.8 Å². The molecule has 1 saturated heterocycles. The van der Waals surface area contributed by atoms with Gasteiger partial charge in [0.05, 0.1) is 12.0 Å². The predicted octanol–water partition coefficient (Wildman–Crippen LogP) is 4.24. The second kappa shape index (κ2) is 12.3. The highest BCUT2D eigenvalue weighted by Crippen LogP contribution is 2.40. The second-order valence-electron chi connectivity index (χ2n) is 11.2. The molecule has 3 atom stereocenters. The Bertz CT molecular complexity index is 1050. The SMILES string of the molecule is COCCCC(c1c[nH]c2ccccc12)N(C(=O)[C@@H]1CNC[C@H](NC(=O)NC2CCCCC2)C1)C1CC1. The molecule has 3 aliphatic rings. The van der Waals surface area contributed by atoms with Crippen LogP contribution in [0.4, 0.5) is 4.79 Å². The van der Waals surface area contributed by atoms with E-state index in [4.69, 9.17) is 4.74 Å². The van der Waals surface area contributed by atoms with Gasteiger partial charge in [0.25, 0.3) is 0 Å². The van der Waals surface area contributed by atoms with Gasteiger partial charge in [-0.3, -0.25) is 4.79 Å². The minimum atomic E-state index is -0.149. The molecule has 2 aromatic rings. The van der Waals surface area contributed by atoms with Crippen molar-refractivity contribution < 1.29 is 14.3 Å². The van der Waals surface area contributed by atoms with E-state index in [-0.39, 0.29) is 42.0 Å². The summed E-state index contributed by atoms with van der Waals surface area (Å²) in [5.41, 5.74) is 2.29. The summed E-state index contributed by atoms with van der Waals surface area (Å²) in [4.78, 5) is 32.4. The molecule has 1 aromatic carbocycles. The number of rotatable bonds is 10. The fraction of sp³-hybridized carbons (Fsp3) is 0.655. The van der Waals surface area contributed by atoms with Gasteiger partial charge in [-0.15, -0.1) is 0 Å². The maximum atomic E-state index is 14.1. The van der Waals surface area contributed by atoms with Crippen LogP contribution in [0, 0.1) is 5.92 Å². The molecular weight excluding hydrogens is 466 g/mol. The molecule has 0 bridgehead atoms. The summed E-state index contributed by atoms with van der Waals surface area (Å²) in [6.07, 6.45) is 12.4. The number of methoxy groups -OCH3 is 1. The number of urea groups is 1. The number of nitrogens with zero attached hydrogens (tertiary/aromatic N) is 1. The van der Waals surface area contributed by atoms with Crippen LogP contribution in [0.5, 0.6) is 0 Å². The molecule has 8 heteroatoms. The summed E-state index contributed by atoms with van der Waals surface area (Å²) in [5.74, 6) is 0.0614. The molecule has 0 radical (unpaired) electrons. The van der Waals surface area contributed by atoms with Gasteiger partial charge < -0.3 is 30.6 Å². The molecule has 202 valence electrons. The van der Waals surface area contributed by atoms with Crippen LogP contribution in [-0.4, -0.2) is 66.8 Å². The van der Waals surface area contributed by atoms with Gasteiger partial charge in [0, 0.05) is 62.0 Å². The highest BCUT2D eigenvalue weighted by molar-refractivity contribution is 5.86. The number of amides is 3. The number of para-hydroxylation sites is 1. The number of carbonyl (C=O) groups is 2. The molecule has 0 spiro atoms. The van der Waals surface area contributed by atoms with Crippen LogP contribution in [-0.2, 0) is 9.53 Å². The highest BCUT2D eigenvalue weighted by Gasteiger charge is 2.42. The van der Waals surface area contributed by atoms with Crippen LogP contribution in [0.25, 0.3) is 10.9 Å². The van der Waals surface area contributed by atoms with Gasteiger partial charge in [-0.25, -0.2) is 4.79 Å². The van der Waals surface area contributed by atoms with E-state index < -0.39 is 0 Å². The van der Waals surface area contributed by atoms with Crippen molar-refractivity contribution in [2.24, 2.45) is 5.92 Å². The van der Waals surface area contributed by atoms with E-state index in [1.54, 1.807) is 7.11 Å². The van der Waals surface area contributed by atoms with Gasteiger partial charge in [0.15, 0.2) is 0 Å². The summed E-state index contributed by atoms with van der Waals surface area (Å²) >= 11 is 0. The van der Waals surface area contributed by atoms with E-state index in [0.717, 1.165) is 44.0 Å². The van der Waals surface area contributed by atoms with Crippen LogP contribution in [0.2, 0.25) is 0 Å². The van der Waals surface area contributed by atoms with Gasteiger partial charge in [-0.2, -0.15) is 0 Å². The number of ether oxygens (including phenoxy) is 1. The molecule has 3 amide bonds. The number of aromatic nitrogens is 1. The topological polar surface area (TPSA) is 98.5 Å². The van der Waals surface area contributed by atoms with E-state index in [9.17, 15) is 9.59 Å². The minimum absolute atomic E-state index is 0.00855. The van der Waals surface area contributed by atoms with Crippen molar-refractivity contribution in [1.82, 2.24) is 25.8 Å². The Hall–Kier alpha value is -2.58. The number of hydrogen-bond acceptors (Lipinski definition) is 4. The smallest absolute Gasteiger partial charge is 0.315 e. The average Bonchev–Trinajstić information content (AvgIpc) is 3.66. The van der Waals surface area contributed by atoms with E-state index >= 15 is 0 Å². The first-order chi connectivity index (χ1) is 18.1. The normalized spacial score (nSPS) is 23.5. The summed E-state index contributed by atoms with van der Waals surface area (Å²) in [6.45, 7) is 2.03. The zero-order chi connectivity index (χ0) is 25.6. The maximum absolute atomic E-state index is 14.1. The predicted molar refractivity (Wildman–Crippen MR) is 145 cm³/mol. The third kappa shape index (κ3) is 6.47. The molecule has 37 heavy (non-hydrogen) atoms. The van der Waals surface area contributed by atoms with Crippen molar-refractivity contribution >= 4 is 22.8 Å². The van der Waals surface area contributed by atoms with Crippen molar-refractivity contribution in [2.45, 2.75) is 88.4 Å². The molecule has 3 fully saturated rings. The first kappa shape index (κ1) is 26.0. The second-order valence-corrected chi connectivity index (χ2v) is 11.2.